The van der Waals surface area contributed by atoms with Crippen LogP contribution in [0, 0.1) is 0 Å². The summed E-state index contributed by atoms with van der Waals surface area (Å²) in [5, 5.41) is 0. The van der Waals surface area contributed by atoms with Crippen LogP contribution in [0.1, 0.15) is 48.6 Å². The fraction of sp³-hybridized carbons (Fsp3) is 0.300. The number of hydrogen-bond acceptors (Lipinski definition) is 0. The van der Waals surface area contributed by atoms with E-state index in [0.29, 0.717) is 11.8 Å². The molecule has 2 aromatic rings. The smallest absolute Gasteiger partial charge is 0.0170 e. The second-order valence-electron chi connectivity index (χ2n) is 6.40. The Morgan fingerprint density at radius 1 is 0.650 bits per heavy atom. The molecule has 0 amide bonds. The van der Waals surface area contributed by atoms with Crippen LogP contribution >= 0.6 is 0 Å². The average Bonchev–Trinajstić information content (AvgIpc) is 3.03. The minimum atomic E-state index is 0.703. The van der Waals surface area contributed by atoms with Gasteiger partial charge in [-0.15, -0.1) is 0 Å². The van der Waals surface area contributed by atoms with Crippen molar-refractivity contribution in [3.8, 4) is 11.1 Å². The monoisotopic (exact) mass is 258 g/mol. The lowest BCUT2D eigenvalue weighted by Gasteiger charge is -2.18. The molecule has 0 aliphatic heterocycles. The molecule has 2 fully saturated rings. The second kappa shape index (κ2) is 3.85. The third kappa shape index (κ3) is 1.32. The van der Waals surface area contributed by atoms with E-state index in [1.165, 1.54) is 36.8 Å². The van der Waals surface area contributed by atoms with Gasteiger partial charge in [0.1, 0.15) is 0 Å². The maximum Gasteiger partial charge on any atom is 0.0170 e. The summed E-state index contributed by atoms with van der Waals surface area (Å²) in [6.07, 6.45) is 5.52. The molecule has 2 unspecified atom stereocenters. The van der Waals surface area contributed by atoms with E-state index < -0.39 is 0 Å². The van der Waals surface area contributed by atoms with Crippen LogP contribution in [-0.4, -0.2) is 0 Å². The van der Waals surface area contributed by atoms with Gasteiger partial charge in [0, 0.05) is 11.8 Å². The summed E-state index contributed by atoms with van der Waals surface area (Å²) in [6.45, 7) is 0. The van der Waals surface area contributed by atoms with Crippen LogP contribution in [0.3, 0.4) is 0 Å². The van der Waals surface area contributed by atoms with Gasteiger partial charge in [0.2, 0.25) is 0 Å². The van der Waals surface area contributed by atoms with E-state index in [2.05, 4.69) is 48.5 Å². The molecule has 0 bridgehead atoms. The molecule has 3 aliphatic rings. The Hall–Kier alpha value is -1.82. The first kappa shape index (κ1) is 10.9. The van der Waals surface area contributed by atoms with Crippen molar-refractivity contribution >= 4 is 0 Å². The zero-order chi connectivity index (χ0) is 13.1. The van der Waals surface area contributed by atoms with E-state index in [4.69, 9.17) is 0 Å². The molecule has 2 aromatic carbocycles. The number of hydrogen-bond donors (Lipinski definition) is 0. The molecule has 0 nitrogen and oxygen atoms in total. The number of rotatable bonds is 0. The van der Waals surface area contributed by atoms with Gasteiger partial charge in [-0.25, -0.2) is 0 Å². The molecule has 2 atom stereocenters. The Labute approximate surface area is 120 Å². The van der Waals surface area contributed by atoms with Crippen LogP contribution in [0.5, 0.6) is 0 Å². The fourth-order valence-electron chi connectivity index (χ4n) is 4.51. The van der Waals surface area contributed by atoms with Gasteiger partial charge in [-0.2, -0.15) is 0 Å². The Morgan fingerprint density at radius 3 is 1.70 bits per heavy atom. The largest absolute Gasteiger partial charge is 0.0697 e. The molecule has 0 spiro atoms. The van der Waals surface area contributed by atoms with Crippen LogP contribution in [0.2, 0.25) is 0 Å². The topological polar surface area (TPSA) is 0 Å². The highest BCUT2D eigenvalue weighted by molar-refractivity contribution is 5.82. The minimum Gasteiger partial charge on any atom is -0.0697 e. The first-order valence-electron chi connectivity index (χ1n) is 7.85. The molecule has 0 N–H and O–H groups in total. The van der Waals surface area contributed by atoms with E-state index in [9.17, 15) is 0 Å². The molecule has 0 heterocycles. The van der Waals surface area contributed by atoms with E-state index in [0.717, 1.165) is 0 Å². The van der Waals surface area contributed by atoms with Crippen LogP contribution in [0.25, 0.3) is 11.1 Å². The lowest BCUT2D eigenvalue weighted by atomic mass is 9.86. The summed E-state index contributed by atoms with van der Waals surface area (Å²) in [5.41, 5.74) is 9.65. The van der Waals surface area contributed by atoms with Gasteiger partial charge in [0.05, 0.1) is 0 Å². The molecule has 0 heteroatoms. The highest BCUT2D eigenvalue weighted by atomic mass is 14.5. The molecular weight excluding hydrogens is 240 g/mol. The molecule has 3 aliphatic carbocycles. The number of fused-ring (bicyclic) bond motifs is 6. The summed E-state index contributed by atoms with van der Waals surface area (Å²) >= 11 is 0. The lowest BCUT2D eigenvalue weighted by molar-refractivity contribution is 0.886. The summed E-state index contributed by atoms with van der Waals surface area (Å²) in [5.74, 6) is 1.41. The maximum atomic E-state index is 2.35. The van der Waals surface area contributed by atoms with Crippen molar-refractivity contribution in [2.75, 3.05) is 0 Å². The SMILES string of the molecule is c1ccc2c(c1)-c1ccccc1C1C(=C3CCCC3)C21. The Bertz CT molecular complexity index is 674. The highest BCUT2D eigenvalue weighted by Gasteiger charge is 2.51. The molecule has 5 rings (SSSR count). The third-order valence-electron chi connectivity index (χ3n) is 5.39. The van der Waals surface area contributed by atoms with Gasteiger partial charge in [0.25, 0.3) is 0 Å². The lowest BCUT2D eigenvalue weighted by Crippen LogP contribution is -1.98. The first-order chi connectivity index (χ1) is 9.95. The van der Waals surface area contributed by atoms with E-state index in [1.807, 2.05) is 0 Å². The molecular formula is C20H18. The fourth-order valence-corrected chi connectivity index (χ4v) is 4.51. The van der Waals surface area contributed by atoms with Gasteiger partial charge in [-0.1, -0.05) is 59.7 Å². The van der Waals surface area contributed by atoms with Crippen molar-refractivity contribution in [2.24, 2.45) is 0 Å². The van der Waals surface area contributed by atoms with Gasteiger partial charge in [-0.05, 0) is 47.9 Å². The van der Waals surface area contributed by atoms with Crippen LogP contribution in [0.4, 0.5) is 0 Å². The quantitative estimate of drug-likeness (QED) is 0.553. The van der Waals surface area contributed by atoms with Crippen molar-refractivity contribution in [1.82, 2.24) is 0 Å². The van der Waals surface area contributed by atoms with Crippen LogP contribution in [-0.2, 0) is 0 Å². The van der Waals surface area contributed by atoms with Gasteiger partial charge in [-0.3, -0.25) is 0 Å². The second-order valence-corrected chi connectivity index (χ2v) is 6.40. The minimum absolute atomic E-state index is 0.703. The third-order valence-corrected chi connectivity index (χ3v) is 5.39. The normalized spacial score (nSPS) is 26.0. The number of allylic oxidation sites excluding steroid dienone is 2. The average molecular weight is 258 g/mol. The van der Waals surface area contributed by atoms with E-state index in [1.54, 1.807) is 22.3 Å². The summed E-state index contributed by atoms with van der Waals surface area (Å²) in [7, 11) is 0. The molecule has 98 valence electrons. The van der Waals surface area contributed by atoms with E-state index in [-0.39, 0.29) is 0 Å². The van der Waals surface area contributed by atoms with Crippen LogP contribution in [0.15, 0.2) is 59.7 Å². The number of benzene rings is 2. The van der Waals surface area contributed by atoms with Crippen molar-refractivity contribution in [3.05, 3.63) is 70.8 Å². The first-order valence-corrected chi connectivity index (χ1v) is 7.85. The Balaban J connectivity index is 1.78. The molecule has 0 saturated heterocycles. The Morgan fingerprint density at radius 2 is 1.15 bits per heavy atom. The predicted molar refractivity (Wildman–Crippen MR) is 82.9 cm³/mol. The molecule has 0 radical (unpaired) electrons. The molecule has 0 aromatic heterocycles. The zero-order valence-corrected chi connectivity index (χ0v) is 11.6. The maximum absolute atomic E-state index is 2.35. The predicted octanol–water partition coefficient (Wildman–Crippen LogP) is 5.42. The Kier molecular flexibility index (Phi) is 2.10. The van der Waals surface area contributed by atoms with Crippen molar-refractivity contribution < 1.29 is 0 Å². The van der Waals surface area contributed by atoms with Crippen LogP contribution < -0.4 is 0 Å². The highest BCUT2D eigenvalue weighted by Crippen LogP contribution is 2.68. The summed E-state index contributed by atoms with van der Waals surface area (Å²) < 4.78 is 0. The summed E-state index contributed by atoms with van der Waals surface area (Å²) in [4.78, 5) is 0. The van der Waals surface area contributed by atoms with Gasteiger partial charge < -0.3 is 0 Å². The van der Waals surface area contributed by atoms with Crippen molar-refractivity contribution in [3.63, 3.8) is 0 Å². The van der Waals surface area contributed by atoms with Gasteiger partial charge >= 0.3 is 0 Å². The van der Waals surface area contributed by atoms with Crippen molar-refractivity contribution in [2.45, 2.75) is 37.5 Å². The molecule has 2 saturated carbocycles. The van der Waals surface area contributed by atoms with Gasteiger partial charge in [0.15, 0.2) is 0 Å². The van der Waals surface area contributed by atoms with Crippen molar-refractivity contribution in [1.29, 1.82) is 0 Å². The van der Waals surface area contributed by atoms with E-state index >= 15 is 0 Å². The zero-order valence-electron chi connectivity index (χ0n) is 11.6. The molecule has 20 heavy (non-hydrogen) atoms. The summed E-state index contributed by atoms with van der Waals surface area (Å²) in [6, 6.07) is 18.1. The standard InChI is InChI=1S/C20H18/c1-2-8-13(7-1)18-19-16-11-5-3-9-14(16)15-10-4-6-12-17(15)20(18)19/h3-6,9-12,19-20H,1-2,7-8H2.